The molecule has 158 valence electrons. The number of aryl methyl sites for hydroxylation is 1. The summed E-state index contributed by atoms with van der Waals surface area (Å²) in [4.78, 5) is 32.9. The molecule has 2 aromatic heterocycles. The quantitative estimate of drug-likeness (QED) is 0.166. The number of fused-ring (bicyclic) bond motifs is 1. The Bertz CT molecular complexity index is 1420. The molecule has 7 nitrogen and oxygen atoms in total. The lowest BCUT2D eigenvalue weighted by molar-refractivity contribution is 0.0596. The van der Waals surface area contributed by atoms with E-state index in [4.69, 9.17) is 11.3 Å². The number of rotatable bonds is 5. The molecule has 0 atom stereocenters. The van der Waals surface area contributed by atoms with Crippen LogP contribution in [0.1, 0.15) is 20.8 Å². The fourth-order valence-corrected chi connectivity index (χ4v) is 3.94. The van der Waals surface area contributed by atoms with E-state index in [2.05, 4.69) is 30.9 Å². The summed E-state index contributed by atoms with van der Waals surface area (Å²) in [6, 6.07) is 14.7. The maximum atomic E-state index is 12.5. The molecular weight excluding hydrogens is 472 g/mol. The normalized spacial score (nSPS) is 10.7. The van der Waals surface area contributed by atoms with E-state index >= 15 is 0 Å². The van der Waals surface area contributed by atoms with Crippen molar-refractivity contribution in [2.75, 3.05) is 12.4 Å². The minimum absolute atomic E-state index is 0.0138. The molecule has 0 aliphatic carbocycles. The van der Waals surface area contributed by atoms with Gasteiger partial charge < -0.3 is 4.74 Å². The van der Waals surface area contributed by atoms with Gasteiger partial charge in [-0.3, -0.25) is 9.48 Å². The number of hydrogen-bond acceptors (Lipinski definition) is 5. The molecule has 0 fully saturated rings. The molecule has 0 N–H and O–H groups in total. The summed E-state index contributed by atoms with van der Waals surface area (Å²) in [7, 11) is 3.04. The number of hydrogen-bond donors (Lipinski definition) is 0. The first-order valence-electron chi connectivity index (χ1n) is 9.60. The van der Waals surface area contributed by atoms with Gasteiger partial charge in [-0.25, -0.2) is 14.6 Å². The van der Waals surface area contributed by atoms with Crippen molar-refractivity contribution in [1.29, 1.82) is 0 Å². The zero-order chi connectivity index (χ0) is 22.8. The van der Waals surface area contributed by atoms with Crippen molar-refractivity contribution in [2.24, 2.45) is 7.05 Å². The van der Waals surface area contributed by atoms with Crippen molar-refractivity contribution in [1.82, 2.24) is 14.8 Å². The monoisotopic (exact) mass is 488 g/mol. The third kappa shape index (κ3) is 3.57. The van der Waals surface area contributed by atoms with Crippen LogP contribution in [0.15, 0.2) is 54.7 Å². The standard InChI is InChI=1S/C24H17BrN4O3/c1-26-21-15-7-5-4-6-14(15)8-9-16(21)23-18(13-27-29(23)2)19-11-10-17(24(31)32-3)22(28-19)20(30)12-25/h4-11,13H,12H2,2-3H3. The van der Waals surface area contributed by atoms with Crippen molar-refractivity contribution in [2.45, 2.75) is 0 Å². The molecule has 0 saturated carbocycles. The second-order valence-electron chi connectivity index (χ2n) is 6.97. The molecule has 4 aromatic rings. The van der Waals surface area contributed by atoms with Crippen LogP contribution in [-0.2, 0) is 11.8 Å². The van der Waals surface area contributed by atoms with E-state index in [9.17, 15) is 9.59 Å². The minimum atomic E-state index is -0.635. The highest BCUT2D eigenvalue weighted by molar-refractivity contribution is 9.09. The molecule has 0 radical (unpaired) electrons. The number of halogens is 1. The van der Waals surface area contributed by atoms with Crippen molar-refractivity contribution >= 4 is 44.1 Å². The molecule has 0 amide bonds. The van der Waals surface area contributed by atoms with Gasteiger partial charge in [0.2, 0.25) is 5.69 Å². The molecule has 4 rings (SSSR count). The van der Waals surface area contributed by atoms with Crippen molar-refractivity contribution < 1.29 is 14.3 Å². The maximum absolute atomic E-state index is 12.5. The summed E-state index contributed by atoms with van der Waals surface area (Å²) in [5.74, 6) is -0.977. The van der Waals surface area contributed by atoms with Gasteiger partial charge in [-0.1, -0.05) is 52.3 Å². The Balaban J connectivity index is 1.95. The lowest BCUT2D eigenvalue weighted by Gasteiger charge is -2.12. The highest BCUT2D eigenvalue weighted by Gasteiger charge is 2.23. The van der Waals surface area contributed by atoms with Crippen LogP contribution in [0.5, 0.6) is 0 Å². The highest BCUT2D eigenvalue weighted by Crippen LogP contribution is 2.41. The van der Waals surface area contributed by atoms with Gasteiger partial charge in [-0.05, 0) is 22.9 Å². The van der Waals surface area contributed by atoms with E-state index in [1.807, 2.05) is 36.4 Å². The molecule has 0 aliphatic rings. The topological polar surface area (TPSA) is 78.4 Å². The van der Waals surface area contributed by atoms with Gasteiger partial charge in [-0.15, -0.1) is 0 Å². The van der Waals surface area contributed by atoms with Gasteiger partial charge in [0.1, 0.15) is 5.69 Å². The average Bonchev–Trinajstić information content (AvgIpc) is 3.22. The van der Waals surface area contributed by atoms with Crippen LogP contribution in [0.4, 0.5) is 5.69 Å². The molecule has 8 heteroatoms. The first-order valence-corrected chi connectivity index (χ1v) is 10.7. The second-order valence-corrected chi connectivity index (χ2v) is 7.53. The van der Waals surface area contributed by atoms with Crippen LogP contribution in [0, 0.1) is 6.57 Å². The molecule has 0 saturated heterocycles. The Morgan fingerprint density at radius 2 is 1.91 bits per heavy atom. The first-order chi connectivity index (χ1) is 15.5. The average molecular weight is 489 g/mol. The summed E-state index contributed by atoms with van der Waals surface area (Å²) in [5, 5.41) is 6.21. The summed E-state index contributed by atoms with van der Waals surface area (Å²) >= 11 is 3.14. The number of benzene rings is 2. The Hall–Kier alpha value is -3.83. The Morgan fingerprint density at radius 1 is 1.12 bits per heavy atom. The van der Waals surface area contributed by atoms with Crippen LogP contribution in [0.2, 0.25) is 0 Å². The van der Waals surface area contributed by atoms with Crippen LogP contribution in [0.3, 0.4) is 0 Å². The molecule has 0 unspecified atom stereocenters. The van der Waals surface area contributed by atoms with Crippen LogP contribution >= 0.6 is 15.9 Å². The summed E-state index contributed by atoms with van der Waals surface area (Å²) in [6.07, 6.45) is 1.64. The van der Waals surface area contributed by atoms with E-state index in [0.717, 1.165) is 10.8 Å². The van der Waals surface area contributed by atoms with Gasteiger partial charge in [0, 0.05) is 18.2 Å². The van der Waals surface area contributed by atoms with Crippen molar-refractivity contribution in [3.8, 4) is 22.5 Å². The SMILES string of the molecule is [C-]#[N+]c1c(-c2c(-c3ccc(C(=O)OC)c(C(=O)CBr)n3)cnn2C)ccc2ccccc12. The maximum Gasteiger partial charge on any atom is 0.340 e. The van der Waals surface area contributed by atoms with Crippen molar-refractivity contribution in [3.63, 3.8) is 0 Å². The van der Waals surface area contributed by atoms with Gasteiger partial charge >= 0.3 is 5.97 Å². The third-order valence-corrected chi connectivity index (χ3v) is 5.68. The minimum Gasteiger partial charge on any atom is -0.465 e. The number of Topliss-reactive ketones (excluding diaryl/α,β-unsaturated/α-hetero) is 1. The molecular formula is C24H17BrN4O3. The number of methoxy groups -OCH3 is 1. The molecule has 0 spiro atoms. The zero-order valence-electron chi connectivity index (χ0n) is 17.3. The molecule has 2 aromatic carbocycles. The van der Waals surface area contributed by atoms with E-state index in [-0.39, 0.29) is 22.4 Å². The number of nitrogens with zero attached hydrogens (tertiary/aromatic N) is 4. The molecule has 0 bridgehead atoms. The largest absolute Gasteiger partial charge is 0.465 e. The number of ether oxygens (including phenoxy) is 1. The summed E-state index contributed by atoms with van der Waals surface area (Å²) in [5.41, 5.74) is 3.14. The third-order valence-electron chi connectivity index (χ3n) is 5.17. The smallest absolute Gasteiger partial charge is 0.340 e. The molecule has 32 heavy (non-hydrogen) atoms. The number of aromatic nitrogens is 3. The van der Waals surface area contributed by atoms with Crippen molar-refractivity contribution in [3.05, 3.63) is 77.4 Å². The number of alkyl halides is 1. The Kier molecular flexibility index (Phi) is 5.84. The fourth-order valence-electron chi connectivity index (χ4n) is 3.67. The lowest BCUT2D eigenvalue weighted by atomic mass is 9.98. The summed E-state index contributed by atoms with van der Waals surface area (Å²) in [6.45, 7) is 7.80. The predicted molar refractivity (Wildman–Crippen MR) is 125 cm³/mol. The van der Waals surface area contributed by atoms with Gasteiger partial charge in [0.25, 0.3) is 0 Å². The number of ketones is 1. The van der Waals surface area contributed by atoms with E-state index in [1.54, 1.807) is 24.0 Å². The van der Waals surface area contributed by atoms with E-state index in [0.29, 0.717) is 28.2 Å². The predicted octanol–water partition coefficient (Wildman–Crippen LogP) is 5.22. The van der Waals surface area contributed by atoms with E-state index < -0.39 is 5.97 Å². The Morgan fingerprint density at radius 3 is 2.62 bits per heavy atom. The number of pyridine rings is 1. The first kappa shape index (κ1) is 21.4. The van der Waals surface area contributed by atoms with Gasteiger partial charge in [0.05, 0.1) is 42.2 Å². The number of esters is 1. The molecule has 2 heterocycles. The van der Waals surface area contributed by atoms with Crippen LogP contribution in [0.25, 0.3) is 38.1 Å². The van der Waals surface area contributed by atoms with Crippen LogP contribution in [-0.4, -0.2) is 39.0 Å². The Labute approximate surface area is 192 Å². The number of carbonyl (C=O) groups excluding carboxylic acids is 2. The lowest BCUT2D eigenvalue weighted by Crippen LogP contribution is -2.14. The zero-order valence-corrected chi connectivity index (χ0v) is 18.9. The van der Waals surface area contributed by atoms with Crippen LogP contribution < -0.4 is 0 Å². The van der Waals surface area contributed by atoms with E-state index in [1.165, 1.54) is 13.2 Å². The molecule has 0 aliphatic heterocycles. The highest BCUT2D eigenvalue weighted by atomic mass is 79.9. The summed E-state index contributed by atoms with van der Waals surface area (Å²) < 4.78 is 6.47. The number of carbonyl (C=O) groups is 2. The van der Waals surface area contributed by atoms with Gasteiger partial charge in [-0.2, -0.15) is 5.10 Å². The van der Waals surface area contributed by atoms with Gasteiger partial charge in [0.15, 0.2) is 5.78 Å². The fraction of sp³-hybridized carbons (Fsp3) is 0.125. The second kappa shape index (κ2) is 8.73.